The number of carbonyl (C=O) groups is 2. The van der Waals surface area contributed by atoms with Gasteiger partial charge in [-0.2, -0.15) is 0 Å². The molecule has 1 amide bonds. The van der Waals surface area contributed by atoms with Crippen molar-refractivity contribution in [1.82, 2.24) is 4.90 Å². The van der Waals surface area contributed by atoms with Crippen molar-refractivity contribution < 1.29 is 18.0 Å². The first kappa shape index (κ1) is 19.4. The highest BCUT2D eigenvalue weighted by atomic mass is 32.2. The molecular formula is C18H26N2O4S. The number of Topliss-reactive ketones (excluding diaryl/α,β-unsaturated/α-hetero) is 1. The number of hydrogen-bond donors (Lipinski definition) is 0. The minimum Gasteiger partial charge on any atom is -0.343 e. The molecule has 0 saturated carbocycles. The molecule has 0 aromatic heterocycles. The highest BCUT2D eigenvalue weighted by Gasteiger charge is 2.23. The summed E-state index contributed by atoms with van der Waals surface area (Å²) in [6.07, 6.45) is 3.26. The van der Waals surface area contributed by atoms with E-state index in [1.165, 1.54) is 11.2 Å². The Bertz CT molecular complexity index is 720. The lowest BCUT2D eigenvalue weighted by atomic mass is 9.99. The summed E-state index contributed by atoms with van der Waals surface area (Å²) in [5.74, 6) is 0.546. The Hall–Kier alpha value is -1.89. The van der Waals surface area contributed by atoms with Crippen LogP contribution < -0.4 is 4.31 Å². The normalized spacial score (nSPS) is 15.9. The number of carbonyl (C=O) groups excluding carboxylic acids is 2. The van der Waals surface area contributed by atoms with Crippen LogP contribution >= 0.6 is 0 Å². The molecule has 0 atom stereocenters. The van der Waals surface area contributed by atoms with Crippen molar-refractivity contribution >= 4 is 27.4 Å². The zero-order chi connectivity index (χ0) is 18.6. The molecule has 138 valence electrons. The molecule has 1 aliphatic rings. The van der Waals surface area contributed by atoms with E-state index in [9.17, 15) is 18.0 Å². The standard InChI is InChI=1S/C18H26N2O4S/c1-14-8-11-19(12-9-14)18(22)10-13-20(25(3,23)24)17-6-4-16(5-7-17)15(2)21/h4-7,14H,8-13H2,1-3H3. The number of rotatable bonds is 6. The first-order chi connectivity index (χ1) is 11.7. The number of anilines is 1. The highest BCUT2D eigenvalue weighted by Crippen LogP contribution is 2.20. The lowest BCUT2D eigenvalue weighted by Gasteiger charge is -2.31. The van der Waals surface area contributed by atoms with Crippen molar-refractivity contribution in [1.29, 1.82) is 0 Å². The number of likely N-dealkylation sites (tertiary alicyclic amines) is 1. The average Bonchev–Trinajstić information content (AvgIpc) is 2.54. The van der Waals surface area contributed by atoms with E-state index in [1.807, 2.05) is 4.90 Å². The Morgan fingerprint density at radius 1 is 1.16 bits per heavy atom. The Kier molecular flexibility index (Phi) is 6.21. The van der Waals surface area contributed by atoms with Crippen molar-refractivity contribution in [2.45, 2.75) is 33.1 Å². The summed E-state index contributed by atoms with van der Waals surface area (Å²) in [4.78, 5) is 25.5. The summed E-state index contributed by atoms with van der Waals surface area (Å²) in [6, 6.07) is 6.41. The Morgan fingerprint density at radius 2 is 1.72 bits per heavy atom. The number of hydrogen-bond acceptors (Lipinski definition) is 4. The van der Waals surface area contributed by atoms with Gasteiger partial charge in [0.25, 0.3) is 0 Å². The lowest BCUT2D eigenvalue weighted by Crippen LogP contribution is -2.40. The maximum atomic E-state index is 12.4. The second-order valence-corrected chi connectivity index (χ2v) is 8.66. The van der Waals surface area contributed by atoms with Gasteiger partial charge in [-0.1, -0.05) is 6.92 Å². The van der Waals surface area contributed by atoms with Gasteiger partial charge < -0.3 is 4.90 Å². The second kappa shape index (κ2) is 7.99. The maximum Gasteiger partial charge on any atom is 0.232 e. The largest absolute Gasteiger partial charge is 0.343 e. The van der Waals surface area contributed by atoms with E-state index in [4.69, 9.17) is 0 Å². The van der Waals surface area contributed by atoms with Gasteiger partial charge >= 0.3 is 0 Å². The Morgan fingerprint density at radius 3 is 2.20 bits per heavy atom. The predicted molar refractivity (Wildman–Crippen MR) is 98.2 cm³/mol. The number of amides is 1. The molecule has 0 aliphatic carbocycles. The molecular weight excluding hydrogens is 340 g/mol. The van der Waals surface area contributed by atoms with Gasteiger partial charge in [-0.05, 0) is 49.9 Å². The van der Waals surface area contributed by atoms with Gasteiger partial charge in [0.2, 0.25) is 15.9 Å². The summed E-state index contributed by atoms with van der Waals surface area (Å²) in [7, 11) is -3.51. The minimum absolute atomic E-state index is 0.0130. The summed E-state index contributed by atoms with van der Waals surface area (Å²) < 4.78 is 25.5. The third-order valence-corrected chi connectivity index (χ3v) is 5.82. The quantitative estimate of drug-likeness (QED) is 0.724. The van der Waals surface area contributed by atoms with E-state index in [0.717, 1.165) is 32.2 Å². The molecule has 0 radical (unpaired) electrons. The van der Waals surface area contributed by atoms with Crippen molar-refractivity contribution in [2.24, 2.45) is 5.92 Å². The number of piperidine rings is 1. The molecule has 0 bridgehead atoms. The van der Waals surface area contributed by atoms with Crippen LogP contribution in [0.25, 0.3) is 0 Å². The third-order valence-electron chi connectivity index (χ3n) is 4.63. The van der Waals surface area contributed by atoms with Crippen LogP contribution in [0.4, 0.5) is 5.69 Å². The molecule has 1 aliphatic heterocycles. The zero-order valence-corrected chi connectivity index (χ0v) is 15.9. The summed E-state index contributed by atoms with van der Waals surface area (Å²) >= 11 is 0. The van der Waals surface area contributed by atoms with E-state index in [-0.39, 0.29) is 24.7 Å². The molecule has 1 fully saturated rings. The van der Waals surface area contributed by atoms with Crippen LogP contribution in [0, 0.1) is 5.92 Å². The summed E-state index contributed by atoms with van der Waals surface area (Å²) in [5.41, 5.74) is 0.989. The first-order valence-electron chi connectivity index (χ1n) is 8.55. The van der Waals surface area contributed by atoms with Crippen molar-refractivity contribution in [3.63, 3.8) is 0 Å². The lowest BCUT2D eigenvalue weighted by molar-refractivity contribution is -0.132. The fourth-order valence-corrected chi connectivity index (χ4v) is 3.89. The molecule has 0 N–H and O–H groups in total. The van der Waals surface area contributed by atoms with Crippen molar-refractivity contribution in [2.75, 3.05) is 30.2 Å². The zero-order valence-electron chi connectivity index (χ0n) is 15.1. The van der Waals surface area contributed by atoms with Crippen LogP contribution in [0.5, 0.6) is 0 Å². The van der Waals surface area contributed by atoms with Crippen LogP contribution in [0.3, 0.4) is 0 Å². The van der Waals surface area contributed by atoms with Gasteiger partial charge in [-0.15, -0.1) is 0 Å². The maximum absolute atomic E-state index is 12.4. The predicted octanol–water partition coefficient (Wildman–Crippen LogP) is 2.30. The second-order valence-electron chi connectivity index (χ2n) is 6.75. The summed E-state index contributed by atoms with van der Waals surface area (Å²) in [6.45, 7) is 5.22. The van der Waals surface area contributed by atoms with E-state index >= 15 is 0 Å². The van der Waals surface area contributed by atoms with Gasteiger partial charge in [0.15, 0.2) is 5.78 Å². The van der Waals surface area contributed by atoms with E-state index in [2.05, 4.69) is 6.92 Å². The van der Waals surface area contributed by atoms with Gasteiger partial charge in [0, 0.05) is 31.6 Å². The molecule has 1 aromatic rings. The van der Waals surface area contributed by atoms with Crippen molar-refractivity contribution in [3.8, 4) is 0 Å². The van der Waals surface area contributed by atoms with Gasteiger partial charge in [-0.25, -0.2) is 8.42 Å². The van der Waals surface area contributed by atoms with E-state index in [1.54, 1.807) is 24.3 Å². The molecule has 7 heteroatoms. The van der Waals surface area contributed by atoms with Crippen LogP contribution in [-0.2, 0) is 14.8 Å². The number of ketones is 1. The minimum atomic E-state index is -3.51. The average molecular weight is 366 g/mol. The molecule has 0 unspecified atom stereocenters. The molecule has 0 spiro atoms. The fraction of sp³-hybridized carbons (Fsp3) is 0.556. The Labute approximate surface area is 149 Å². The van der Waals surface area contributed by atoms with Crippen LogP contribution in [0.2, 0.25) is 0 Å². The first-order valence-corrected chi connectivity index (χ1v) is 10.4. The monoisotopic (exact) mass is 366 g/mol. The van der Waals surface area contributed by atoms with E-state index < -0.39 is 10.0 Å². The number of benzene rings is 1. The Balaban J connectivity index is 2.06. The SMILES string of the molecule is CC(=O)c1ccc(N(CCC(=O)N2CCC(C)CC2)S(C)(=O)=O)cc1. The molecule has 1 saturated heterocycles. The van der Waals surface area contributed by atoms with Gasteiger partial charge in [-0.3, -0.25) is 13.9 Å². The molecule has 2 rings (SSSR count). The van der Waals surface area contributed by atoms with Crippen LogP contribution in [0.15, 0.2) is 24.3 Å². The molecule has 1 aromatic carbocycles. The smallest absolute Gasteiger partial charge is 0.232 e. The molecule has 25 heavy (non-hydrogen) atoms. The number of sulfonamides is 1. The fourth-order valence-electron chi connectivity index (χ4n) is 2.96. The van der Waals surface area contributed by atoms with Gasteiger partial charge in [0.1, 0.15) is 0 Å². The van der Waals surface area contributed by atoms with Crippen LogP contribution in [0.1, 0.15) is 43.5 Å². The topological polar surface area (TPSA) is 74.8 Å². The van der Waals surface area contributed by atoms with Crippen LogP contribution in [-0.4, -0.2) is 50.9 Å². The highest BCUT2D eigenvalue weighted by molar-refractivity contribution is 7.92. The molecule has 6 nitrogen and oxygen atoms in total. The van der Waals surface area contributed by atoms with Crippen molar-refractivity contribution in [3.05, 3.63) is 29.8 Å². The number of nitrogens with zero attached hydrogens (tertiary/aromatic N) is 2. The third kappa shape index (κ3) is 5.29. The van der Waals surface area contributed by atoms with E-state index in [0.29, 0.717) is 17.2 Å². The molecule has 1 heterocycles. The van der Waals surface area contributed by atoms with Gasteiger partial charge in [0.05, 0.1) is 11.9 Å². The summed E-state index contributed by atoms with van der Waals surface area (Å²) in [5, 5.41) is 0.